The molecule has 9 heavy (non-hydrogen) atoms. The molecule has 1 fully saturated rings. The van der Waals surface area contributed by atoms with Crippen LogP contribution in [0.25, 0.3) is 0 Å². The number of rotatable bonds is 2. The molecular formula is C6H11F2N. The Kier molecular flexibility index (Phi) is 1.47. The molecule has 0 saturated heterocycles. The zero-order valence-corrected chi connectivity index (χ0v) is 5.40. The lowest BCUT2D eigenvalue weighted by Crippen LogP contribution is -2.33. The SMILES string of the molecule is CC(N)C1(C(F)F)CC1. The molecule has 3 heteroatoms. The van der Waals surface area contributed by atoms with Gasteiger partial charge in [-0.25, -0.2) is 8.78 Å². The van der Waals surface area contributed by atoms with E-state index in [1.165, 1.54) is 0 Å². The second kappa shape index (κ2) is 1.90. The molecule has 1 aliphatic carbocycles. The van der Waals surface area contributed by atoms with Crippen molar-refractivity contribution in [1.29, 1.82) is 0 Å². The number of nitrogens with two attached hydrogens (primary N) is 1. The van der Waals surface area contributed by atoms with E-state index in [1.807, 2.05) is 0 Å². The minimum Gasteiger partial charge on any atom is -0.327 e. The van der Waals surface area contributed by atoms with Crippen LogP contribution >= 0.6 is 0 Å². The van der Waals surface area contributed by atoms with E-state index in [1.54, 1.807) is 6.92 Å². The van der Waals surface area contributed by atoms with Crippen LogP contribution in [-0.4, -0.2) is 12.5 Å². The molecule has 1 rings (SSSR count). The number of alkyl halides is 2. The van der Waals surface area contributed by atoms with Gasteiger partial charge >= 0.3 is 0 Å². The van der Waals surface area contributed by atoms with Crippen molar-refractivity contribution in [2.75, 3.05) is 0 Å². The molecule has 2 N–H and O–H groups in total. The van der Waals surface area contributed by atoms with Crippen molar-refractivity contribution in [2.45, 2.75) is 32.2 Å². The molecule has 0 radical (unpaired) electrons. The molecule has 1 nitrogen and oxygen atoms in total. The van der Waals surface area contributed by atoms with Crippen LogP contribution in [-0.2, 0) is 0 Å². The molecule has 1 aliphatic rings. The molecule has 1 atom stereocenters. The summed E-state index contributed by atoms with van der Waals surface area (Å²) >= 11 is 0. The van der Waals surface area contributed by atoms with Gasteiger partial charge in [-0.1, -0.05) is 0 Å². The fourth-order valence-electron chi connectivity index (χ4n) is 1.02. The number of hydrogen-bond donors (Lipinski definition) is 1. The second-order valence-corrected chi connectivity index (χ2v) is 2.82. The average Bonchev–Trinajstić information content (AvgIpc) is 2.40. The Balaban J connectivity index is 2.52. The molecule has 1 unspecified atom stereocenters. The summed E-state index contributed by atoms with van der Waals surface area (Å²) in [5.41, 5.74) is 4.55. The van der Waals surface area contributed by atoms with Crippen LogP contribution in [0.2, 0.25) is 0 Å². The summed E-state index contributed by atoms with van der Waals surface area (Å²) in [6.07, 6.45) is -1.03. The fourth-order valence-corrected chi connectivity index (χ4v) is 1.02. The normalized spacial score (nSPS) is 26.3. The fraction of sp³-hybridized carbons (Fsp3) is 1.00. The summed E-state index contributed by atoms with van der Waals surface area (Å²) < 4.78 is 24.1. The second-order valence-electron chi connectivity index (χ2n) is 2.82. The van der Waals surface area contributed by atoms with Gasteiger partial charge in [0.15, 0.2) is 0 Å². The molecule has 0 aromatic heterocycles. The first-order chi connectivity index (χ1) is 4.09. The van der Waals surface area contributed by atoms with Gasteiger partial charge < -0.3 is 5.73 Å². The third-order valence-corrected chi connectivity index (χ3v) is 2.17. The Morgan fingerprint density at radius 2 is 1.89 bits per heavy atom. The zero-order chi connectivity index (χ0) is 7.07. The van der Waals surface area contributed by atoms with Crippen LogP contribution in [0.15, 0.2) is 0 Å². The summed E-state index contributed by atoms with van der Waals surface area (Å²) in [6.45, 7) is 1.65. The highest BCUT2D eigenvalue weighted by Crippen LogP contribution is 2.52. The standard InChI is InChI=1S/C6H11F2N/c1-4(9)6(2-3-6)5(7)8/h4-5H,2-3,9H2,1H3. The van der Waals surface area contributed by atoms with E-state index in [0.717, 1.165) is 0 Å². The van der Waals surface area contributed by atoms with E-state index in [9.17, 15) is 8.78 Å². The number of halogens is 2. The molecular weight excluding hydrogens is 124 g/mol. The van der Waals surface area contributed by atoms with Crippen LogP contribution < -0.4 is 5.73 Å². The van der Waals surface area contributed by atoms with Gasteiger partial charge in [0.2, 0.25) is 6.43 Å². The Morgan fingerprint density at radius 1 is 1.44 bits per heavy atom. The molecule has 0 bridgehead atoms. The van der Waals surface area contributed by atoms with Gasteiger partial charge in [-0.05, 0) is 19.8 Å². The predicted octanol–water partition coefficient (Wildman–Crippen LogP) is 1.38. The summed E-state index contributed by atoms with van der Waals surface area (Å²) in [5.74, 6) is 0. The summed E-state index contributed by atoms with van der Waals surface area (Å²) in [4.78, 5) is 0. The first-order valence-corrected chi connectivity index (χ1v) is 3.13. The zero-order valence-electron chi connectivity index (χ0n) is 5.40. The summed E-state index contributed by atoms with van der Waals surface area (Å²) in [7, 11) is 0. The van der Waals surface area contributed by atoms with Crippen molar-refractivity contribution in [3.63, 3.8) is 0 Å². The molecule has 0 amide bonds. The van der Waals surface area contributed by atoms with Gasteiger partial charge in [0.1, 0.15) is 0 Å². The Labute approximate surface area is 53.2 Å². The van der Waals surface area contributed by atoms with E-state index in [0.29, 0.717) is 12.8 Å². The highest BCUT2D eigenvalue weighted by molar-refractivity contribution is 5.00. The van der Waals surface area contributed by atoms with Crippen molar-refractivity contribution in [2.24, 2.45) is 11.1 Å². The monoisotopic (exact) mass is 135 g/mol. The topological polar surface area (TPSA) is 26.0 Å². The largest absolute Gasteiger partial charge is 0.327 e. The maximum atomic E-state index is 12.0. The van der Waals surface area contributed by atoms with E-state index in [-0.39, 0.29) is 6.04 Å². The van der Waals surface area contributed by atoms with Crippen LogP contribution in [0.1, 0.15) is 19.8 Å². The molecule has 54 valence electrons. The van der Waals surface area contributed by atoms with Gasteiger partial charge in [0, 0.05) is 11.5 Å². The molecule has 0 heterocycles. The maximum absolute atomic E-state index is 12.0. The number of hydrogen-bond acceptors (Lipinski definition) is 1. The Bertz CT molecular complexity index is 97.6. The van der Waals surface area contributed by atoms with Crippen molar-refractivity contribution in [1.82, 2.24) is 0 Å². The minimum absolute atomic E-state index is 0.350. The van der Waals surface area contributed by atoms with E-state index >= 15 is 0 Å². The first kappa shape index (κ1) is 6.93. The molecule has 0 aliphatic heterocycles. The highest BCUT2D eigenvalue weighted by Gasteiger charge is 2.53. The van der Waals surface area contributed by atoms with E-state index < -0.39 is 11.8 Å². The molecule has 0 aromatic carbocycles. The van der Waals surface area contributed by atoms with Gasteiger partial charge in [0.05, 0.1) is 0 Å². The Morgan fingerprint density at radius 3 is 1.89 bits per heavy atom. The van der Waals surface area contributed by atoms with E-state index in [4.69, 9.17) is 5.73 Å². The van der Waals surface area contributed by atoms with Crippen molar-refractivity contribution < 1.29 is 8.78 Å². The first-order valence-electron chi connectivity index (χ1n) is 3.13. The lowest BCUT2D eigenvalue weighted by Gasteiger charge is -2.17. The van der Waals surface area contributed by atoms with Gasteiger partial charge in [0.25, 0.3) is 0 Å². The Hall–Kier alpha value is -0.180. The molecule has 1 saturated carbocycles. The van der Waals surface area contributed by atoms with Gasteiger partial charge in [-0.15, -0.1) is 0 Å². The quantitative estimate of drug-likeness (QED) is 0.608. The van der Waals surface area contributed by atoms with Crippen molar-refractivity contribution >= 4 is 0 Å². The van der Waals surface area contributed by atoms with Crippen LogP contribution in [0, 0.1) is 5.41 Å². The summed E-state index contributed by atoms with van der Waals surface area (Å²) in [5, 5.41) is 0. The van der Waals surface area contributed by atoms with Crippen LogP contribution in [0.5, 0.6) is 0 Å². The van der Waals surface area contributed by atoms with E-state index in [2.05, 4.69) is 0 Å². The van der Waals surface area contributed by atoms with Crippen molar-refractivity contribution in [3.05, 3.63) is 0 Å². The van der Waals surface area contributed by atoms with Gasteiger partial charge in [-0.3, -0.25) is 0 Å². The van der Waals surface area contributed by atoms with Crippen LogP contribution in [0.3, 0.4) is 0 Å². The van der Waals surface area contributed by atoms with Crippen LogP contribution in [0.4, 0.5) is 8.78 Å². The third kappa shape index (κ3) is 0.936. The molecule has 0 aromatic rings. The minimum atomic E-state index is -2.22. The average molecular weight is 135 g/mol. The predicted molar refractivity (Wildman–Crippen MR) is 31.3 cm³/mol. The smallest absolute Gasteiger partial charge is 0.245 e. The maximum Gasteiger partial charge on any atom is 0.245 e. The van der Waals surface area contributed by atoms with Gasteiger partial charge in [-0.2, -0.15) is 0 Å². The summed E-state index contributed by atoms with van der Waals surface area (Å²) in [6, 6.07) is -0.350. The highest BCUT2D eigenvalue weighted by atomic mass is 19.3. The molecule has 0 spiro atoms. The lowest BCUT2D eigenvalue weighted by atomic mass is 10.00. The lowest BCUT2D eigenvalue weighted by molar-refractivity contribution is 0.0495. The third-order valence-electron chi connectivity index (χ3n) is 2.17. The van der Waals surface area contributed by atoms with Crippen molar-refractivity contribution in [3.8, 4) is 0 Å².